The molecule has 3 heterocycles. The van der Waals surface area contributed by atoms with Crippen molar-refractivity contribution in [3.63, 3.8) is 0 Å². The van der Waals surface area contributed by atoms with Crippen molar-refractivity contribution in [1.82, 2.24) is 19.6 Å². The van der Waals surface area contributed by atoms with E-state index < -0.39 is 5.97 Å². The van der Waals surface area contributed by atoms with E-state index in [-0.39, 0.29) is 18.9 Å². The molecule has 0 spiro atoms. The van der Waals surface area contributed by atoms with Crippen molar-refractivity contribution in [3.8, 4) is 0 Å². The van der Waals surface area contributed by atoms with Crippen LogP contribution >= 0.6 is 23.1 Å². The van der Waals surface area contributed by atoms with E-state index in [1.807, 2.05) is 34.0 Å². The molecule has 8 nitrogen and oxygen atoms in total. The van der Waals surface area contributed by atoms with E-state index in [1.165, 1.54) is 23.1 Å². The Bertz CT molecular complexity index is 1100. The maximum absolute atomic E-state index is 12.8. The van der Waals surface area contributed by atoms with Gasteiger partial charge < -0.3 is 10.1 Å². The molecule has 0 aliphatic heterocycles. The largest absolute Gasteiger partial charge is 0.462 e. The van der Waals surface area contributed by atoms with E-state index in [2.05, 4.69) is 20.4 Å². The van der Waals surface area contributed by atoms with Gasteiger partial charge in [-0.2, -0.15) is 4.98 Å². The summed E-state index contributed by atoms with van der Waals surface area (Å²) in [5.41, 5.74) is 3.58. The Kier molecular flexibility index (Phi) is 6.23. The molecule has 3 rings (SSSR count). The number of thiophene rings is 1. The van der Waals surface area contributed by atoms with Gasteiger partial charge in [-0.15, -0.1) is 16.4 Å². The lowest BCUT2D eigenvalue weighted by Crippen LogP contribution is -2.19. The minimum absolute atomic E-state index is 0.118. The Morgan fingerprint density at radius 2 is 1.93 bits per heavy atom. The fourth-order valence-electron chi connectivity index (χ4n) is 3.03. The Labute approximate surface area is 177 Å². The van der Waals surface area contributed by atoms with E-state index in [9.17, 15) is 9.59 Å². The van der Waals surface area contributed by atoms with Crippen LogP contribution in [0.15, 0.2) is 5.16 Å². The number of nitrogens with one attached hydrogen (secondary N) is 1. The second kappa shape index (κ2) is 8.50. The van der Waals surface area contributed by atoms with Gasteiger partial charge in [-0.3, -0.25) is 4.79 Å². The molecular weight excluding hydrogens is 410 g/mol. The lowest BCUT2D eigenvalue weighted by molar-refractivity contribution is -0.115. The lowest BCUT2D eigenvalue weighted by Gasteiger charge is -2.11. The summed E-state index contributed by atoms with van der Waals surface area (Å²) in [5, 5.41) is 8.43. The van der Waals surface area contributed by atoms with Gasteiger partial charge in [0.25, 0.3) is 5.78 Å². The molecule has 0 saturated carbocycles. The monoisotopic (exact) mass is 433 g/mol. The third kappa shape index (κ3) is 4.13. The average molecular weight is 434 g/mol. The molecule has 3 aromatic rings. The summed E-state index contributed by atoms with van der Waals surface area (Å²) >= 11 is 2.81. The Morgan fingerprint density at radius 1 is 1.21 bits per heavy atom. The third-order valence-electron chi connectivity index (χ3n) is 4.67. The molecule has 0 aliphatic rings. The summed E-state index contributed by atoms with van der Waals surface area (Å²) in [7, 11) is 0. The number of fused-ring (bicyclic) bond motifs is 1. The van der Waals surface area contributed by atoms with E-state index >= 15 is 0 Å². The van der Waals surface area contributed by atoms with Gasteiger partial charge in [-0.05, 0) is 46.4 Å². The summed E-state index contributed by atoms with van der Waals surface area (Å²) in [5.74, 6) is -0.135. The van der Waals surface area contributed by atoms with Crippen LogP contribution < -0.4 is 5.32 Å². The fourth-order valence-corrected chi connectivity index (χ4v) is 4.43. The summed E-state index contributed by atoms with van der Waals surface area (Å²) < 4.78 is 6.81. The van der Waals surface area contributed by atoms with Crippen molar-refractivity contribution in [3.05, 3.63) is 33.0 Å². The zero-order valence-electron chi connectivity index (χ0n) is 17.2. The van der Waals surface area contributed by atoms with Gasteiger partial charge in [0.05, 0.1) is 18.6 Å². The first-order valence-electron chi connectivity index (χ1n) is 9.10. The number of ether oxygens (including phenoxy) is 1. The molecule has 0 bridgehead atoms. The van der Waals surface area contributed by atoms with Crippen molar-refractivity contribution in [2.24, 2.45) is 0 Å². The van der Waals surface area contributed by atoms with Gasteiger partial charge in [-0.25, -0.2) is 14.3 Å². The average Bonchev–Trinajstić information content (AvgIpc) is 3.19. The summed E-state index contributed by atoms with van der Waals surface area (Å²) in [6.07, 6.45) is 2.02. The number of nitrogens with zero attached hydrogens (tertiary/aromatic N) is 4. The number of carbonyl (C=O) groups excluding carboxylic acids is 2. The first-order chi connectivity index (χ1) is 13.8. The summed E-state index contributed by atoms with van der Waals surface area (Å²) in [6.45, 7) is 9.55. The van der Waals surface area contributed by atoms with E-state index in [0.29, 0.717) is 21.5 Å². The van der Waals surface area contributed by atoms with Crippen molar-refractivity contribution in [1.29, 1.82) is 0 Å². The quantitative estimate of drug-likeness (QED) is 0.469. The Balaban J connectivity index is 1.89. The van der Waals surface area contributed by atoms with Gasteiger partial charge >= 0.3 is 5.97 Å². The molecule has 154 valence electrons. The molecule has 29 heavy (non-hydrogen) atoms. The number of anilines is 1. The van der Waals surface area contributed by atoms with Gasteiger partial charge in [0.2, 0.25) is 11.1 Å². The highest BCUT2D eigenvalue weighted by Gasteiger charge is 2.23. The summed E-state index contributed by atoms with van der Waals surface area (Å²) in [4.78, 5) is 34.9. The van der Waals surface area contributed by atoms with Crippen molar-refractivity contribution in [2.45, 2.75) is 46.2 Å². The van der Waals surface area contributed by atoms with Crippen LogP contribution in [0.5, 0.6) is 0 Å². The zero-order valence-corrected chi connectivity index (χ0v) is 18.9. The molecule has 3 aromatic heterocycles. The third-order valence-corrected chi connectivity index (χ3v) is 6.33. The molecular formula is C19H23N5O3S2. The normalized spacial score (nSPS) is 11.1. The highest BCUT2D eigenvalue weighted by Crippen LogP contribution is 2.33. The fraction of sp³-hybridized carbons (Fsp3) is 0.421. The van der Waals surface area contributed by atoms with Crippen molar-refractivity contribution < 1.29 is 14.3 Å². The smallest absolute Gasteiger partial charge is 0.341 e. The minimum atomic E-state index is -0.424. The number of carbonyl (C=O) groups is 2. The number of aryl methyl sites for hydroxylation is 3. The predicted octanol–water partition coefficient (Wildman–Crippen LogP) is 3.50. The Hall–Kier alpha value is -2.46. The molecule has 1 amide bonds. The molecule has 0 aliphatic carbocycles. The molecule has 0 radical (unpaired) electrons. The first kappa shape index (κ1) is 21.3. The van der Waals surface area contributed by atoms with Gasteiger partial charge in [0.15, 0.2) is 0 Å². The number of amides is 1. The van der Waals surface area contributed by atoms with Crippen LogP contribution in [0.4, 0.5) is 5.00 Å². The number of thioether (sulfide) groups is 1. The lowest BCUT2D eigenvalue weighted by atomic mass is 10.1. The van der Waals surface area contributed by atoms with Crippen molar-refractivity contribution in [2.75, 3.05) is 18.2 Å². The van der Waals surface area contributed by atoms with E-state index in [0.717, 1.165) is 27.4 Å². The van der Waals surface area contributed by atoms with Crippen LogP contribution in [0.1, 0.15) is 44.7 Å². The van der Waals surface area contributed by atoms with Crippen LogP contribution in [0.2, 0.25) is 0 Å². The Morgan fingerprint density at radius 3 is 2.59 bits per heavy atom. The second-order valence-electron chi connectivity index (χ2n) is 6.50. The van der Waals surface area contributed by atoms with Crippen LogP contribution in [0.3, 0.4) is 0 Å². The first-order valence-corrected chi connectivity index (χ1v) is 11.1. The number of hydrogen-bond acceptors (Lipinski definition) is 8. The minimum Gasteiger partial charge on any atom is -0.462 e. The second-order valence-corrected chi connectivity index (χ2v) is 8.50. The molecule has 0 atom stereocenters. The standard InChI is InChI=1S/C19H23N5O3S2/c1-7-27-17(26)15-9(2)12(5)29-16(15)21-14(25)8-13-10(3)20-18-22-19(28-6)23-24(18)11(13)4/h7-8H2,1-6H3,(H,21,25). The van der Waals surface area contributed by atoms with Crippen LogP contribution in [-0.2, 0) is 16.0 Å². The topological polar surface area (TPSA) is 98.5 Å². The molecule has 0 aromatic carbocycles. The predicted molar refractivity (Wildman–Crippen MR) is 114 cm³/mol. The number of hydrogen-bond donors (Lipinski definition) is 1. The van der Waals surface area contributed by atoms with Gasteiger partial charge in [0.1, 0.15) is 5.00 Å². The van der Waals surface area contributed by atoms with Gasteiger partial charge in [0, 0.05) is 21.8 Å². The molecule has 0 fully saturated rings. The maximum atomic E-state index is 12.8. The number of esters is 1. The van der Waals surface area contributed by atoms with E-state index in [4.69, 9.17) is 4.74 Å². The van der Waals surface area contributed by atoms with Crippen LogP contribution in [0.25, 0.3) is 5.78 Å². The number of rotatable bonds is 6. The van der Waals surface area contributed by atoms with Gasteiger partial charge in [-0.1, -0.05) is 11.8 Å². The zero-order chi connectivity index (χ0) is 21.3. The highest BCUT2D eigenvalue weighted by atomic mass is 32.2. The van der Waals surface area contributed by atoms with E-state index in [1.54, 1.807) is 11.4 Å². The SMILES string of the molecule is CCOC(=O)c1c(NC(=O)Cc2c(C)nc3nc(SC)nn3c2C)sc(C)c1C. The van der Waals surface area contributed by atoms with Crippen LogP contribution in [-0.4, -0.2) is 44.3 Å². The van der Waals surface area contributed by atoms with Crippen molar-refractivity contribution >= 4 is 45.8 Å². The summed E-state index contributed by atoms with van der Waals surface area (Å²) in [6, 6.07) is 0. The molecule has 0 saturated heterocycles. The molecule has 10 heteroatoms. The molecule has 1 N–H and O–H groups in total. The molecule has 0 unspecified atom stereocenters. The van der Waals surface area contributed by atoms with Crippen LogP contribution in [0, 0.1) is 27.7 Å². The highest BCUT2D eigenvalue weighted by molar-refractivity contribution is 7.98. The number of aromatic nitrogens is 4. The maximum Gasteiger partial charge on any atom is 0.341 e.